The van der Waals surface area contributed by atoms with Crippen LogP contribution >= 0.6 is 0 Å². The van der Waals surface area contributed by atoms with Crippen molar-refractivity contribution in [3.63, 3.8) is 0 Å². The highest BCUT2D eigenvalue weighted by atomic mass is 16.5. The molecule has 0 aliphatic carbocycles. The zero-order valence-electron chi connectivity index (χ0n) is 11.2. The molecule has 1 rings (SSSR count). The first-order valence-electron chi connectivity index (χ1n) is 6.48. The summed E-state index contributed by atoms with van der Waals surface area (Å²) in [5, 5.41) is 9.62. The minimum atomic E-state index is -0.613. The van der Waals surface area contributed by atoms with Crippen molar-refractivity contribution in [1.29, 1.82) is 0 Å². The van der Waals surface area contributed by atoms with Crippen LogP contribution in [0.15, 0.2) is 30.3 Å². The van der Waals surface area contributed by atoms with E-state index in [0.717, 1.165) is 5.56 Å². The molecule has 108 valence electrons. The van der Waals surface area contributed by atoms with Gasteiger partial charge in [0.2, 0.25) is 0 Å². The van der Waals surface area contributed by atoms with Crippen LogP contribution in [-0.2, 0) is 20.8 Å². The molecule has 0 spiro atoms. The minimum Gasteiger partial charge on any atom is -0.388 e. The van der Waals surface area contributed by atoms with Crippen molar-refractivity contribution in [1.82, 2.24) is 0 Å². The predicted molar refractivity (Wildman–Crippen MR) is 72.8 cm³/mol. The van der Waals surface area contributed by atoms with E-state index in [4.69, 9.17) is 19.9 Å². The van der Waals surface area contributed by atoms with E-state index in [1.807, 2.05) is 30.3 Å². The molecule has 1 aromatic rings. The van der Waals surface area contributed by atoms with Gasteiger partial charge in [-0.2, -0.15) is 0 Å². The number of ether oxygens (including phenoxy) is 3. The van der Waals surface area contributed by atoms with Gasteiger partial charge in [0.05, 0.1) is 39.6 Å². The fraction of sp³-hybridized carbons (Fsp3) is 0.571. The zero-order chi connectivity index (χ0) is 13.8. The molecule has 0 aliphatic heterocycles. The Balaban J connectivity index is 1.94. The van der Waals surface area contributed by atoms with E-state index in [2.05, 4.69) is 0 Å². The summed E-state index contributed by atoms with van der Waals surface area (Å²) < 4.78 is 15.8. The fourth-order valence-corrected chi connectivity index (χ4v) is 1.46. The van der Waals surface area contributed by atoms with Crippen molar-refractivity contribution in [3.8, 4) is 0 Å². The molecule has 19 heavy (non-hydrogen) atoms. The standard InChI is InChI=1S/C14H23NO4/c15-6-7-17-8-9-18-11-14(16)12-19-10-13-4-2-1-3-5-13/h1-5,14,16H,6-12,15H2. The summed E-state index contributed by atoms with van der Waals surface area (Å²) in [6, 6.07) is 9.84. The minimum absolute atomic E-state index is 0.251. The number of hydrogen-bond acceptors (Lipinski definition) is 5. The van der Waals surface area contributed by atoms with Crippen LogP contribution in [0.25, 0.3) is 0 Å². The summed E-state index contributed by atoms with van der Waals surface area (Å²) in [5.41, 5.74) is 6.36. The van der Waals surface area contributed by atoms with Gasteiger partial charge in [0.15, 0.2) is 0 Å². The van der Waals surface area contributed by atoms with Crippen LogP contribution in [0.5, 0.6) is 0 Å². The largest absolute Gasteiger partial charge is 0.388 e. The van der Waals surface area contributed by atoms with Gasteiger partial charge in [-0.25, -0.2) is 0 Å². The van der Waals surface area contributed by atoms with Crippen LogP contribution in [0.1, 0.15) is 5.56 Å². The lowest BCUT2D eigenvalue weighted by molar-refractivity contribution is -0.0349. The van der Waals surface area contributed by atoms with Gasteiger partial charge in [0.25, 0.3) is 0 Å². The Labute approximate surface area is 114 Å². The maximum atomic E-state index is 9.62. The van der Waals surface area contributed by atoms with Crippen molar-refractivity contribution in [2.75, 3.05) is 39.6 Å². The van der Waals surface area contributed by atoms with Crippen molar-refractivity contribution < 1.29 is 19.3 Å². The molecule has 0 aromatic heterocycles. The molecule has 1 unspecified atom stereocenters. The topological polar surface area (TPSA) is 73.9 Å². The van der Waals surface area contributed by atoms with Crippen LogP contribution < -0.4 is 5.73 Å². The summed E-state index contributed by atoms with van der Waals surface area (Å²) in [6.07, 6.45) is -0.613. The second-order valence-corrected chi connectivity index (χ2v) is 4.13. The van der Waals surface area contributed by atoms with Crippen molar-refractivity contribution >= 4 is 0 Å². The molecule has 0 aliphatic rings. The van der Waals surface area contributed by atoms with Crippen molar-refractivity contribution in [2.45, 2.75) is 12.7 Å². The van der Waals surface area contributed by atoms with Gasteiger partial charge in [0.1, 0.15) is 6.10 Å². The fourth-order valence-electron chi connectivity index (χ4n) is 1.46. The van der Waals surface area contributed by atoms with Gasteiger partial charge in [-0.1, -0.05) is 30.3 Å². The Morgan fingerprint density at radius 1 is 0.947 bits per heavy atom. The molecule has 0 saturated carbocycles. The Morgan fingerprint density at radius 2 is 1.63 bits per heavy atom. The Kier molecular flexibility index (Phi) is 9.22. The van der Waals surface area contributed by atoms with E-state index in [1.165, 1.54) is 0 Å². The molecule has 0 fully saturated rings. The van der Waals surface area contributed by atoms with Crippen LogP contribution in [0.3, 0.4) is 0 Å². The molecule has 0 heterocycles. The maximum Gasteiger partial charge on any atom is 0.101 e. The van der Waals surface area contributed by atoms with Crippen LogP contribution in [-0.4, -0.2) is 50.8 Å². The van der Waals surface area contributed by atoms with Gasteiger partial charge < -0.3 is 25.1 Å². The Bertz CT molecular complexity index is 308. The van der Waals surface area contributed by atoms with Gasteiger partial charge in [-0.3, -0.25) is 0 Å². The summed E-state index contributed by atoms with van der Waals surface area (Å²) in [4.78, 5) is 0. The highest BCUT2D eigenvalue weighted by Gasteiger charge is 2.04. The third-order valence-electron chi connectivity index (χ3n) is 2.37. The Hall–Kier alpha value is -0.980. The SMILES string of the molecule is NCCOCCOCC(O)COCc1ccccc1. The normalized spacial score (nSPS) is 12.5. The number of hydrogen-bond donors (Lipinski definition) is 2. The molecule has 0 saturated heterocycles. The van der Waals surface area contributed by atoms with Gasteiger partial charge >= 0.3 is 0 Å². The summed E-state index contributed by atoms with van der Waals surface area (Å²) in [5.74, 6) is 0. The molecular formula is C14H23NO4. The quantitative estimate of drug-likeness (QED) is 0.574. The van der Waals surface area contributed by atoms with Crippen LogP contribution in [0, 0.1) is 0 Å². The average molecular weight is 269 g/mol. The molecular weight excluding hydrogens is 246 g/mol. The number of rotatable bonds is 11. The predicted octanol–water partition coefficient (Wildman–Crippen LogP) is 0.556. The number of benzene rings is 1. The van der Waals surface area contributed by atoms with Crippen molar-refractivity contribution in [3.05, 3.63) is 35.9 Å². The molecule has 1 atom stereocenters. The molecule has 3 N–H and O–H groups in total. The van der Waals surface area contributed by atoms with Crippen LogP contribution in [0.2, 0.25) is 0 Å². The molecule has 5 heteroatoms. The third kappa shape index (κ3) is 8.69. The number of aliphatic hydroxyl groups excluding tert-OH is 1. The first-order chi connectivity index (χ1) is 9.33. The van der Waals surface area contributed by atoms with Crippen LogP contribution in [0.4, 0.5) is 0 Å². The Morgan fingerprint density at radius 3 is 2.37 bits per heavy atom. The smallest absolute Gasteiger partial charge is 0.101 e. The van der Waals surface area contributed by atoms with Gasteiger partial charge in [-0.15, -0.1) is 0 Å². The lowest BCUT2D eigenvalue weighted by Gasteiger charge is -2.12. The van der Waals surface area contributed by atoms with Crippen molar-refractivity contribution in [2.24, 2.45) is 5.73 Å². The molecule has 5 nitrogen and oxygen atoms in total. The molecule has 0 bridgehead atoms. The van der Waals surface area contributed by atoms with E-state index >= 15 is 0 Å². The second-order valence-electron chi connectivity index (χ2n) is 4.13. The molecule has 0 amide bonds. The lowest BCUT2D eigenvalue weighted by atomic mass is 10.2. The number of nitrogens with two attached hydrogens (primary N) is 1. The van der Waals surface area contributed by atoms with E-state index in [-0.39, 0.29) is 13.2 Å². The van der Waals surface area contributed by atoms with Gasteiger partial charge in [-0.05, 0) is 5.56 Å². The second kappa shape index (κ2) is 10.9. The van der Waals surface area contributed by atoms with Gasteiger partial charge in [0, 0.05) is 6.54 Å². The monoisotopic (exact) mass is 269 g/mol. The van der Waals surface area contributed by atoms with E-state index in [1.54, 1.807) is 0 Å². The third-order valence-corrected chi connectivity index (χ3v) is 2.37. The van der Waals surface area contributed by atoms with E-state index in [0.29, 0.717) is 33.0 Å². The highest BCUT2D eigenvalue weighted by molar-refractivity contribution is 5.13. The first kappa shape index (κ1) is 16.1. The first-order valence-corrected chi connectivity index (χ1v) is 6.48. The highest BCUT2D eigenvalue weighted by Crippen LogP contribution is 2.01. The molecule has 0 radical (unpaired) electrons. The molecule has 1 aromatic carbocycles. The summed E-state index contributed by atoms with van der Waals surface area (Å²) in [6.45, 7) is 3.00. The van der Waals surface area contributed by atoms with E-state index < -0.39 is 6.10 Å². The van der Waals surface area contributed by atoms with E-state index in [9.17, 15) is 5.11 Å². The average Bonchev–Trinajstić information content (AvgIpc) is 2.44. The summed E-state index contributed by atoms with van der Waals surface area (Å²) >= 11 is 0. The number of aliphatic hydroxyl groups is 1. The lowest BCUT2D eigenvalue weighted by Crippen LogP contribution is -2.23. The zero-order valence-corrected chi connectivity index (χ0v) is 11.2. The maximum absolute atomic E-state index is 9.62. The summed E-state index contributed by atoms with van der Waals surface area (Å²) in [7, 11) is 0.